The Morgan fingerprint density at radius 3 is 1.89 bits per heavy atom. The monoisotopic (exact) mass is 412 g/mol. The maximum atomic E-state index is 13.4. The van der Waals surface area contributed by atoms with E-state index in [1.807, 2.05) is 5.32 Å². The van der Waals surface area contributed by atoms with Crippen LogP contribution in [-0.2, 0) is 25.7 Å². The van der Waals surface area contributed by atoms with Crippen molar-refractivity contribution < 1.29 is 45.8 Å². The number of ether oxygens (including phenoxy) is 2. The minimum Gasteiger partial charge on any atom is -0.459 e. The van der Waals surface area contributed by atoms with Gasteiger partial charge in [-0.15, -0.1) is 0 Å². The van der Waals surface area contributed by atoms with Gasteiger partial charge in [0.15, 0.2) is 23.3 Å². The number of hydrogen-bond acceptors (Lipinski definition) is 5. The molecule has 0 saturated carbocycles. The van der Waals surface area contributed by atoms with E-state index in [4.69, 9.17) is 4.74 Å². The number of carbonyl (C=O) groups is 3. The van der Waals surface area contributed by atoms with E-state index in [1.54, 1.807) is 13.8 Å². The van der Waals surface area contributed by atoms with Gasteiger partial charge in [-0.25, -0.2) is 26.7 Å². The summed E-state index contributed by atoms with van der Waals surface area (Å²) in [6.07, 6.45) is -0.849. The van der Waals surface area contributed by atoms with Gasteiger partial charge in [0.1, 0.15) is 19.7 Å². The summed E-state index contributed by atoms with van der Waals surface area (Å²) in [5.41, 5.74) is -1.33. The molecule has 0 aliphatic heterocycles. The fourth-order valence-electron chi connectivity index (χ4n) is 1.66. The van der Waals surface area contributed by atoms with Crippen LogP contribution in [0, 0.1) is 35.0 Å². The number of esters is 1. The van der Waals surface area contributed by atoms with Crippen LogP contribution in [0.5, 0.6) is 0 Å². The Morgan fingerprint density at radius 2 is 1.36 bits per heavy atom. The molecule has 1 aromatic rings. The van der Waals surface area contributed by atoms with Crippen LogP contribution >= 0.6 is 0 Å². The first-order valence-corrected chi connectivity index (χ1v) is 7.87. The Labute approximate surface area is 156 Å². The second-order valence-electron chi connectivity index (χ2n) is 5.83. The summed E-state index contributed by atoms with van der Waals surface area (Å²) in [5, 5.41) is 4.13. The third-order valence-electron chi connectivity index (χ3n) is 3.05. The van der Waals surface area contributed by atoms with Crippen LogP contribution in [-0.4, -0.2) is 37.7 Å². The third kappa shape index (κ3) is 6.67. The molecule has 0 heterocycles. The molecule has 2 N–H and O–H groups in total. The number of halogens is 5. The normalized spacial score (nSPS) is 10.6. The average Bonchev–Trinajstić information content (AvgIpc) is 2.65. The highest BCUT2D eigenvalue weighted by Crippen LogP contribution is 2.23. The summed E-state index contributed by atoms with van der Waals surface area (Å²) >= 11 is 0. The molecule has 0 unspecified atom stereocenters. The summed E-state index contributed by atoms with van der Waals surface area (Å²) < 4.78 is 74.9. The van der Waals surface area contributed by atoms with E-state index in [9.17, 15) is 36.3 Å². The minimum atomic E-state index is -2.34. The maximum absolute atomic E-state index is 13.4. The molecule has 1 aromatic carbocycles. The number of rotatable bonds is 8. The molecule has 0 bridgehead atoms. The van der Waals surface area contributed by atoms with Crippen molar-refractivity contribution in [1.29, 1.82) is 0 Å². The Bertz CT molecular complexity index is 728. The van der Waals surface area contributed by atoms with Crippen LogP contribution in [0.1, 0.15) is 19.4 Å². The quantitative estimate of drug-likeness (QED) is 0.295. The van der Waals surface area contributed by atoms with Crippen LogP contribution in [0.25, 0.3) is 0 Å². The third-order valence-corrected chi connectivity index (χ3v) is 3.05. The van der Waals surface area contributed by atoms with Crippen molar-refractivity contribution in [2.24, 2.45) is 5.92 Å². The second-order valence-corrected chi connectivity index (χ2v) is 5.83. The van der Waals surface area contributed by atoms with Crippen molar-refractivity contribution >= 4 is 18.0 Å². The lowest BCUT2D eigenvalue weighted by Gasteiger charge is -2.10. The van der Waals surface area contributed by atoms with Gasteiger partial charge >= 0.3 is 12.1 Å². The van der Waals surface area contributed by atoms with E-state index in [-0.39, 0.29) is 12.5 Å². The number of nitrogens with one attached hydrogen (secondary N) is 2. The first kappa shape index (κ1) is 23.1. The molecule has 0 atom stereocenters. The van der Waals surface area contributed by atoms with Gasteiger partial charge in [-0.2, -0.15) is 0 Å². The minimum absolute atomic E-state index is 0.0899. The molecule has 0 aliphatic carbocycles. The Kier molecular flexibility index (Phi) is 8.61. The number of carbonyl (C=O) groups excluding carboxylic acids is 3. The van der Waals surface area contributed by atoms with Crippen LogP contribution in [0.3, 0.4) is 0 Å². The van der Waals surface area contributed by atoms with Gasteiger partial charge in [0, 0.05) is 0 Å². The lowest BCUT2D eigenvalue weighted by molar-refractivity contribution is -0.145. The SMILES string of the molecule is CC(C)COC(=O)NCC(=O)NCC(=O)OCc1c(F)c(F)c(F)c(F)c1F. The standard InChI is InChI=1S/C16H17F5N2O5/c1-7(2)5-28-16(26)23-3-9(24)22-4-10(25)27-6-8-11(17)13(19)15(21)14(20)12(8)18/h7H,3-6H2,1-2H3,(H,22,24)(H,23,26). The molecule has 0 aromatic heterocycles. The number of amides is 2. The van der Waals surface area contributed by atoms with E-state index in [0.717, 1.165) is 0 Å². The van der Waals surface area contributed by atoms with Crippen molar-refractivity contribution in [2.45, 2.75) is 20.5 Å². The molecule has 7 nitrogen and oxygen atoms in total. The van der Waals surface area contributed by atoms with Crippen LogP contribution in [0.4, 0.5) is 26.7 Å². The van der Waals surface area contributed by atoms with Gasteiger partial charge in [0.2, 0.25) is 11.7 Å². The molecule has 0 saturated heterocycles. The topological polar surface area (TPSA) is 93.7 Å². The second kappa shape index (κ2) is 10.4. The number of benzene rings is 1. The van der Waals surface area contributed by atoms with E-state index in [1.165, 1.54) is 0 Å². The van der Waals surface area contributed by atoms with E-state index >= 15 is 0 Å². The molecular formula is C16H17F5N2O5. The van der Waals surface area contributed by atoms with Gasteiger partial charge in [-0.3, -0.25) is 9.59 Å². The number of alkyl carbamates (subject to hydrolysis) is 1. The van der Waals surface area contributed by atoms with Crippen LogP contribution in [0.15, 0.2) is 0 Å². The lowest BCUT2D eigenvalue weighted by Crippen LogP contribution is -2.39. The maximum Gasteiger partial charge on any atom is 0.407 e. The summed E-state index contributed by atoms with van der Waals surface area (Å²) in [5.74, 6) is -12.9. The van der Waals surface area contributed by atoms with Crippen molar-refractivity contribution in [3.63, 3.8) is 0 Å². The van der Waals surface area contributed by atoms with Crippen LogP contribution < -0.4 is 10.6 Å². The number of hydrogen-bond donors (Lipinski definition) is 2. The summed E-state index contributed by atoms with van der Waals surface area (Å²) in [6, 6.07) is 0. The predicted octanol–water partition coefficient (Wildman–Crippen LogP) is 1.92. The average molecular weight is 412 g/mol. The van der Waals surface area contributed by atoms with Gasteiger partial charge in [0.25, 0.3) is 0 Å². The first-order chi connectivity index (χ1) is 13.0. The largest absolute Gasteiger partial charge is 0.459 e. The molecule has 12 heteroatoms. The molecule has 0 fully saturated rings. The molecular weight excluding hydrogens is 395 g/mol. The lowest BCUT2D eigenvalue weighted by atomic mass is 10.2. The van der Waals surface area contributed by atoms with Gasteiger partial charge in [-0.05, 0) is 5.92 Å². The molecule has 156 valence electrons. The molecule has 2 amide bonds. The zero-order valence-corrected chi connectivity index (χ0v) is 14.8. The molecule has 0 aliphatic rings. The van der Waals surface area contributed by atoms with Gasteiger partial charge in [0.05, 0.1) is 12.2 Å². The van der Waals surface area contributed by atoms with Crippen molar-refractivity contribution in [1.82, 2.24) is 10.6 Å². The van der Waals surface area contributed by atoms with Crippen molar-refractivity contribution in [2.75, 3.05) is 19.7 Å². The highest BCUT2D eigenvalue weighted by Gasteiger charge is 2.26. The summed E-state index contributed by atoms with van der Waals surface area (Å²) in [4.78, 5) is 34.1. The summed E-state index contributed by atoms with van der Waals surface area (Å²) in [7, 11) is 0. The van der Waals surface area contributed by atoms with Gasteiger partial charge in [-0.1, -0.05) is 13.8 Å². The smallest absolute Gasteiger partial charge is 0.407 e. The molecule has 1 rings (SSSR count). The zero-order valence-electron chi connectivity index (χ0n) is 14.8. The van der Waals surface area contributed by atoms with E-state index in [2.05, 4.69) is 10.1 Å². The Hall–Kier alpha value is -2.92. The van der Waals surface area contributed by atoms with E-state index < -0.39 is 72.3 Å². The van der Waals surface area contributed by atoms with Crippen molar-refractivity contribution in [3.8, 4) is 0 Å². The van der Waals surface area contributed by atoms with Gasteiger partial charge < -0.3 is 20.1 Å². The first-order valence-electron chi connectivity index (χ1n) is 7.87. The van der Waals surface area contributed by atoms with Crippen molar-refractivity contribution in [3.05, 3.63) is 34.6 Å². The summed E-state index contributed by atoms with van der Waals surface area (Å²) in [6.45, 7) is 1.21. The van der Waals surface area contributed by atoms with E-state index in [0.29, 0.717) is 0 Å². The fourth-order valence-corrected chi connectivity index (χ4v) is 1.66. The molecule has 28 heavy (non-hydrogen) atoms. The Balaban J connectivity index is 2.44. The molecule has 0 radical (unpaired) electrons. The molecule has 0 spiro atoms. The highest BCUT2D eigenvalue weighted by atomic mass is 19.2. The predicted molar refractivity (Wildman–Crippen MR) is 83.2 cm³/mol. The zero-order chi connectivity index (χ0) is 21.4. The Morgan fingerprint density at radius 1 is 0.821 bits per heavy atom. The van der Waals surface area contributed by atoms with Crippen LogP contribution in [0.2, 0.25) is 0 Å². The fraction of sp³-hybridized carbons (Fsp3) is 0.438. The highest BCUT2D eigenvalue weighted by molar-refractivity contribution is 5.85.